The van der Waals surface area contributed by atoms with E-state index < -0.39 is 34.6 Å². The Kier molecular flexibility index (Phi) is 7.47. The van der Waals surface area contributed by atoms with E-state index in [1.54, 1.807) is 30.5 Å². The van der Waals surface area contributed by atoms with Crippen LogP contribution >= 0.6 is 11.3 Å². The second kappa shape index (κ2) is 10.1. The molecule has 0 saturated carbocycles. The maximum Gasteiger partial charge on any atom is 0.307 e. The number of ether oxygens (including phenoxy) is 1. The van der Waals surface area contributed by atoms with E-state index in [1.807, 2.05) is 19.1 Å². The quantitative estimate of drug-likeness (QED) is 0.474. The van der Waals surface area contributed by atoms with E-state index in [2.05, 4.69) is 4.72 Å². The lowest BCUT2D eigenvalue weighted by atomic mass is 10.1. The molecule has 30 heavy (non-hydrogen) atoms. The molecule has 0 unspecified atom stereocenters. The summed E-state index contributed by atoms with van der Waals surface area (Å²) in [5.41, 5.74) is 1.86. The lowest BCUT2D eigenvalue weighted by Gasteiger charge is -2.16. The average molecular weight is 450 g/mol. The van der Waals surface area contributed by atoms with Crippen LogP contribution in [0.3, 0.4) is 0 Å². The van der Waals surface area contributed by atoms with Crippen LogP contribution in [0.1, 0.15) is 29.8 Å². The average Bonchev–Trinajstić information content (AvgIpc) is 3.18. The first-order chi connectivity index (χ1) is 14.4. The molecular weight excluding hydrogens is 428 g/mol. The molecule has 4 nitrogen and oxygen atoms in total. The van der Waals surface area contributed by atoms with Gasteiger partial charge in [-0.1, -0.05) is 17.7 Å². The van der Waals surface area contributed by atoms with Gasteiger partial charge in [0.1, 0.15) is 22.6 Å². The van der Waals surface area contributed by atoms with Crippen molar-refractivity contribution in [2.45, 2.75) is 31.2 Å². The number of esters is 1. The van der Waals surface area contributed by atoms with Crippen molar-refractivity contribution in [3.63, 3.8) is 0 Å². The summed E-state index contributed by atoms with van der Waals surface area (Å²) in [5.74, 6) is -1.75. The van der Waals surface area contributed by atoms with Crippen LogP contribution in [0.15, 0.2) is 58.8 Å². The molecule has 0 fully saturated rings. The Hall–Kier alpha value is -2.42. The third-order valence-electron chi connectivity index (χ3n) is 4.37. The Labute approximate surface area is 180 Å². The molecule has 0 bridgehead atoms. The fraction of sp³-hybridized carbons (Fsp3) is 0.227. The number of rotatable bonds is 8. The summed E-state index contributed by atoms with van der Waals surface area (Å²) in [5, 5.41) is 1.72. The van der Waals surface area contributed by atoms with Gasteiger partial charge >= 0.3 is 5.97 Å². The molecule has 2 aromatic carbocycles. The predicted octanol–water partition coefficient (Wildman–Crippen LogP) is 5.31. The largest absolute Gasteiger partial charge is 0.466 e. The van der Waals surface area contributed by atoms with Crippen molar-refractivity contribution < 1.29 is 22.5 Å². The summed E-state index contributed by atoms with van der Waals surface area (Å²) in [4.78, 5) is 13.4. The van der Waals surface area contributed by atoms with Crippen molar-refractivity contribution in [2.75, 3.05) is 6.61 Å². The lowest BCUT2D eigenvalue weighted by Crippen LogP contribution is -2.26. The van der Waals surface area contributed by atoms with Crippen LogP contribution in [-0.4, -0.2) is 16.8 Å². The Morgan fingerprint density at radius 2 is 1.90 bits per heavy atom. The monoisotopic (exact) mass is 449 g/mol. The SMILES string of the molecule is CCOC(=O)C[C@H](N[S@](=O)c1ccc(C)cc1)c1cc(-c2ccc(F)cc2F)cs1. The van der Waals surface area contributed by atoms with Crippen LogP contribution in [0, 0.1) is 18.6 Å². The van der Waals surface area contributed by atoms with E-state index in [9.17, 15) is 17.8 Å². The number of aryl methyl sites for hydroxylation is 1. The van der Waals surface area contributed by atoms with Gasteiger partial charge in [0.25, 0.3) is 0 Å². The van der Waals surface area contributed by atoms with E-state index in [-0.39, 0.29) is 18.6 Å². The van der Waals surface area contributed by atoms with Gasteiger partial charge in [0, 0.05) is 16.5 Å². The first-order valence-corrected chi connectivity index (χ1v) is 11.3. The van der Waals surface area contributed by atoms with Gasteiger partial charge < -0.3 is 4.74 Å². The number of nitrogens with one attached hydrogen (secondary N) is 1. The van der Waals surface area contributed by atoms with Crippen LogP contribution in [0.25, 0.3) is 11.1 Å². The van der Waals surface area contributed by atoms with Gasteiger partial charge in [-0.2, -0.15) is 0 Å². The van der Waals surface area contributed by atoms with Crippen LogP contribution in [-0.2, 0) is 20.5 Å². The minimum Gasteiger partial charge on any atom is -0.466 e. The first kappa shape index (κ1) is 22.3. The molecule has 0 aliphatic carbocycles. The molecule has 0 saturated heterocycles. The van der Waals surface area contributed by atoms with Gasteiger partial charge in [-0.3, -0.25) is 4.79 Å². The molecule has 1 N–H and O–H groups in total. The third kappa shape index (κ3) is 5.59. The predicted molar refractivity (Wildman–Crippen MR) is 114 cm³/mol. The summed E-state index contributed by atoms with van der Waals surface area (Å²) in [6.07, 6.45) is -0.0305. The summed E-state index contributed by atoms with van der Waals surface area (Å²) in [7, 11) is -1.56. The van der Waals surface area contributed by atoms with Gasteiger partial charge in [0.2, 0.25) is 0 Å². The summed E-state index contributed by atoms with van der Waals surface area (Å²) < 4.78 is 48.2. The fourth-order valence-corrected chi connectivity index (χ4v) is 4.87. The molecule has 0 aliphatic rings. The van der Waals surface area contributed by atoms with E-state index in [0.717, 1.165) is 11.6 Å². The highest BCUT2D eigenvalue weighted by Crippen LogP contribution is 2.33. The minimum absolute atomic E-state index is 0.0305. The maximum atomic E-state index is 14.1. The summed E-state index contributed by atoms with van der Waals surface area (Å²) in [6.45, 7) is 3.89. The van der Waals surface area contributed by atoms with Crippen molar-refractivity contribution in [3.8, 4) is 11.1 Å². The van der Waals surface area contributed by atoms with Gasteiger partial charge in [-0.25, -0.2) is 17.7 Å². The Bertz CT molecular complexity index is 1050. The van der Waals surface area contributed by atoms with Gasteiger partial charge in [-0.15, -0.1) is 11.3 Å². The number of benzene rings is 2. The van der Waals surface area contributed by atoms with Crippen molar-refractivity contribution >= 4 is 28.3 Å². The number of thiophene rings is 1. The number of carbonyl (C=O) groups is 1. The van der Waals surface area contributed by atoms with Gasteiger partial charge in [0.05, 0.1) is 24.0 Å². The second-order valence-corrected chi connectivity index (χ2v) is 8.81. The van der Waals surface area contributed by atoms with Crippen LogP contribution < -0.4 is 4.72 Å². The molecule has 1 heterocycles. The fourth-order valence-electron chi connectivity index (χ4n) is 2.85. The zero-order valence-corrected chi connectivity index (χ0v) is 18.1. The van der Waals surface area contributed by atoms with E-state index in [0.29, 0.717) is 15.3 Å². The van der Waals surface area contributed by atoms with Gasteiger partial charge in [0.15, 0.2) is 0 Å². The molecule has 3 aromatic rings. The molecular formula is C22H21F2NO3S2. The minimum atomic E-state index is -1.56. The maximum absolute atomic E-state index is 14.1. The highest BCUT2D eigenvalue weighted by Gasteiger charge is 2.22. The van der Waals surface area contributed by atoms with Crippen molar-refractivity contribution in [3.05, 3.63) is 76.0 Å². The molecule has 158 valence electrons. The number of hydrogen-bond donors (Lipinski definition) is 1. The molecule has 0 spiro atoms. The smallest absolute Gasteiger partial charge is 0.307 e. The molecule has 0 radical (unpaired) electrons. The van der Waals surface area contributed by atoms with Crippen LogP contribution in [0.4, 0.5) is 8.78 Å². The Balaban J connectivity index is 1.86. The van der Waals surface area contributed by atoms with E-state index in [1.165, 1.54) is 23.5 Å². The standard InChI is InChI=1S/C22H21F2NO3S2/c1-3-28-22(26)12-20(25-30(27)17-7-4-14(2)5-8-17)21-10-15(13-29-21)18-9-6-16(23)11-19(18)24/h4-11,13,20,25H,3,12H2,1-2H3/t20-,30+/m0/s1. The number of carbonyl (C=O) groups excluding carboxylic acids is 1. The third-order valence-corrected chi connectivity index (χ3v) is 6.61. The highest BCUT2D eigenvalue weighted by molar-refractivity contribution is 7.83. The molecule has 1 aromatic heterocycles. The number of hydrogen-bond acceptors (Lipinski definition) is 4. The van der Waals surface area contributed by atoms with Crippen molar-refractivity contribution in [1.29, 1.82) is 0 Å². The Morgan fingerprint density at radius 3 is 2.57 bits per heavy atom. The van der Waals surface area contributed by atoms with Gasteiger partial charge in [-0.05, 0) is 55.1 Å². The molecule has 0 aliphatic heterocycles. The number of halogens is 2. The second-order valence-electron chi connectivity index (χ2n) is 6.62. The van der Waals surface area contributed by atoms with E-state index in [4.69, 9.17) is 4.74 Å². The highest BCUT2D eigenvalue weighted by atomic mass is 32.2. The topological polar surface area (TPSA) is 55.4 Å². The Morgan fingerprint density at radius 1 is 1.17 bits per heavy atom. The molecule has 0 amide bonds. The zero-order valence-electron chi connectivity index (χ0n) is 16.5. The normalized spacial score (nSPS) is 13.1. The van der Waals surface area contributed by atoms with Crippen LogP contribution in [0.5, 0.6) is 0 Å². The molecule has 3 rings (SSSR count). The lowest BCUT2D eigenvalue weighted by molar-refractivity contribution is -0.143. The summed E-state index contributed by atoms with van der Waals surface area (Å²) in [6, 6.07) is 11.7. The van der Waals surface area contributed by atoms with Crippen LogP contribution in [0.2, 0.25) is 0 Å². The summed E-state index contributed by atoms with van der Waals surface area (Å²) >= 11 is 1.30. The molecule has 8 heteroatoms. The van der Waals surface area contributed by atoms with Crippen molar-refractivity contribution in [2.24, 2.45) is 0 Å². The molecule has 2 atom stereocenters. The first-order valence-electron chi connectivity index (χ1n) is 9.31. The zero-order chi connectivity index (χ0) is 21.7. The van der Waals surface area contributed by atoms with E-state index >= 15 is 0 Å². The van der Waals surface area contributed by atoms with Crippen molar-refractivity contribution in [1.82, 2.24) is 4.72 Å².